The van der Waals surface area contributed by atoms with Crippen LogP contribution in [0.1, 0.15) is 11.1 Å². The number of halogens is 1. The highest BCUT2D eigenvalue weighted by atomic mass is 35.5. The van der Waals surface area contributed by atoms with Crippen molar-refractivity contribution in [3.8, 4) is 23.1 Å². The van der Waals surface area contributed by atoms with Crippen molar-refractivity contribution in [3.63, 3.8) is 0 Å². The summed E-state index contributed by atoms with van der Waals surface area (Å²) < 4.78 is 0. The average molecular weight is 396 g/mol. The summed E-state index contributed by atoms with van der Waals surface area (Å²) in [4.78, 5) is 16.8. The molecule has 5 nitrogen and oxygen atoms in total. The highest BCUT2D eigenvalue weighted by molar-refractivity contribution is 7.14. The Balaban J connectivity index is 1.80. The number of benzene rings is 2. The smallest absolute Gasteiger partial charge is 0.268 e. The van der Waals surface area contributed by atoms with Crippen LogP contribution in [0.15, 0.2) is 53.4 Å². The van der Waals surface area contributed by atoms with E-state index in [2.05, 4.69) is 10.3 Å². The van der Waals surface area contributed by atoms with E-state index < -0.39 is 5.91 Å². The molecule has 1 amide bonds. The zero-order valence-electron chi connectivity index (χ0n) is 14.2. The number of hydrogen-bond donors (Lipinski definition) is 2. The maximum atomic E-state index is 12.4. The second-order valence-electron chi connectivity index (χ2n) is 5.70. The van der Waals surface area contributed by atoms with Gasteiger partial charge in [-0.2, -0.15) is 5.26 Å². The minimum Gasteiger partial charge on any atom is -0.506 e. The monoisotopic (exact) mass is 395 g/mol. The van der Waals surface area contributed by atoms with Gasteiger partial charge in [-0.3, -0.25) is 10.1 Å². The van der Waals surface area contributed by atoms with Crippen LogP contribution in [0.3, 0.4) is 0 Å². The lowest BCUT2D eigenvalue weighted by molar-refractivity contribution is -0.112. The second kappa shape index (κ2) is 8.04. The molecular formula is C20H14ClN3O2S. The number of aryl methyl sites for hydroxylation is 1. The van der Waals surface area contributed by atoms with Gasteiger partial charge >= 0.3 is 0 Å². The van der Waals surface area contributed by atoms with Crippen molar-refractivity contribution in [1.29, 1.82) is 5.26 Å². The molecule has 134 valence electrons. The first-order valence-corrected chi connectivity index (χ1v) is 9.17. The maximum Gasteiger partial charge on any atom is 0.268 e. The molecule has 2 N–H and O–H groups in total. The van der Waals surface area contributed by atoms with Gasteiger partial charge in [-0.1, -0.05) is 41.9 Å². The third-order valence-corrected chi connectivity index (χ3v) is 4.79. The van der Waals surface area contributed by atoms with Crippen molar-refractivity contribution >= 4 is 40.1 Å². The van der Waals surface area contributed by atoms with Crippen LogP contribution in [0, 0.1) is 18.3 Å². The summed E-state index contributed by atoms with van der Waals surface area (Å²) in [6, 6.07) is 14.6. The van der Waals surface area contributed by atoms with Gasteiger partial charge in [0.05, 0.1) is 10.7 Å². The summed E-state index contributed by atoms with van der Waals surface area (Å²) in [5.74, 6) is -0.582. The standard InChI is InChI=1S/C20H14ClN3O2S/c1-12-7-13(9-16(21)18(12)25)8-15(10-22)19(26)24-20-23-17(11-27-20)14-5-3-2-4-6-14/h2-9,11,25H,1H3,(H,23,24,26)/b15-8+. The van der Waals surface area contributed by atoms with Gasteiger partial charge in [0, 0.05) is 10.9 Å². The number of anilines is 1. The Morgan fingerprint density at radius 1 is 1.33 bits per heavy atom. The predicted molar refractivity (Wildman–Crippen MR) is 108 cm³/mol. The first-order valence-electron chi connectivity index (χ1n) is 7.91. The number of phenols is 1. The summed E-state index contributed by atoms with van der Waals surface area (Å²) in [7, 11) is 0. The van der Waals surface area contributed by atoms with Crippen molar-refractivity contribution in [2.24, 2.45) is 0 Å². The van der Waals surface area contributed by atoms with Crippen molar-refractivity contribution in [3.05, 3.63) is 69.6 Å². The number of phenolic OH excluding ortho intramolecular Hbond substituents is 1. The van der Waals surface area contributed by atoms with Crippen LogP contribution in [0.25, 0.3) is 17.3 Å². The van der Waals surface area contributed by atoms with Crippen LogP contribution in [0.5, 0.6) is 5.75 Å². The topological polar surface area (TPSA) is 86.0 Å². The lowest BCUT2D eigenvalue weighted by atomic mass is 10.1. The molecule has 0 saturated heterocycles. The Bertz CT molecular complexity index is 1050. The van der Waals surface area contributed by atoms with E-state index in [1.165, 1.54) is 23.5 Å². The van der Waals surface area contributed by atoms with Gasteiger partial charge < -0.3 is 5.11 Å². The fourth-order valence-corrected chi connectivity index (χ4v) is 3.39. The van der Waals surface area contributed by atoms with Gasteiger partial charge in [0.25, 0.3) is 5.91 Å². The molecule has 0 aliphatic rings. The van der Waals surface area contributed by atoms with Gasteiger partial charge in [-0.25, -0.2) is 4.98 Å². The SMILES string of the molecule is Cc1cc(/C=C(\C#N)C(=O)Nc2nc(-c3ccccc3)cs2)cc(Cl)c1O. The fraction of sp³-hybridized carbons (Fsp3) is 0.0500. The number of aromatic hydroxyl groups is 1. The number of rotatable bonds is 4. The first-order chi connectivity index (χ1) is 13.0. The summed E-state index contributed by atoms with van der Waals surface area (Å²) >= 11 is 7.22. The minimum atomic E-state index is -0.562. The quantitative estimate of drug-likeness (QED) is 0.479. The van der Waals surface area contributed by atoms with Crippen LogP contribution in [0.4, 0.5) is 5.13 Å². The normalized spacial score (nSPS) is 11.1. The molecule has 3 rings (SSSR count). The number of nitrogens with one attached hydrogen (secondary N) is 1. The molecule has 0 spiro atoms. The van der Waals surface area contributed by atoms with Crippen LogP contribution in [0.2, 0.25) is 5.02 Å². The average Bonchev–Trinajstić information content (AvgIpc) is 3.13. The number of aromatic nitrogens is 1. The van der Waals surface area contributed by atoms with Gasteiger partial charge in [0.1, 0.15) is 17.4 Å². The van der Waals surface area contributed by atoms with Crippen molar-refractivity contribution in [1.82, 2.24) is 4.98 Å². The van der Waals surface area contributed by atoms with E-state index in [9.17, 15) is 15.2 Å². The van der Waals surface area contributed by atoms with Gasteiger partial charge in [-0.05, 0) is 36.3 Å². The van der Waals surface area contributed by atoms with Crippen LogP contribution in [-0.2, 0) is 4.79 Å². The van der Waals surface area contributed by atoms with Gasteiger partial charge in [0.15, 0.2) is 5.13 Å². The number of carbonyl (C=O) groups excluding carboxylic acids is 1. The highest BCUT2D eigenvalue weighted by Gasteiger charge is 2.13. The van der Waals surface area contributed by atoms with Crippen LogP contribution < -0.4 is 5.32 Å². The van der Waals surface area contributed by atoms with Crippen molar-refractivity contribution < 1.29 is 9.90 Å². The largest absolute Gasteiger partial charge is 0.506 e. The van der Waals surface area contributed by atoms with E-state index in [0.29, 0.717) is 16.3 Å². The molecule has 2 aromatic carbocycles. The molecule has 27 heavy (non-hydrogen) atoms. The lowest BCUT2D eigenvalue weighted by Gasteiger charge is -2.04. The zero-order chi connectivity index (χ0) is 19.4. The third kappa shape index (κ3) is 4.34. The molecule has 0 fully saturated rings. The molecule has 7 heteroatoms. The number of carbonyl (C=O) groups is 1. The van der Waals surface area contributed by atoms with Gasteiger partial charge in [-0.15, -0.1) is 11.3 Å². The summed E-state index contributed by atoms with van der Waals surface area (Å²) in [6.45, 7) is 1.69. The summed E-state index contributed by atoms with van der Waals surface area (Å²) in [6.07, 6.45) is 1.42. The number of thiazole rings is 1. The Morgan fingerprint density at radius 2 is 2.07 bits per heavy atom. The molecule has 0 saturated carbocycles. The molecular weight excluding hydrogens is 382 g/mol. The van der Waals surface area contributed by atoms with Crippen LogP contribution in [-0.4, -0.2) is 16.0 Å². The molecule has 0 aliphatic heterocycles. The first kappa shape index (κ1) is 18.6. The zero-order valence-corrected chi connectivity index (χ0v) is 15.8. The Kier molecular flexibility index (Phi) is 5.55. The number of nitrogens with zero attached hydrogens (tertiary/aromatic N) is 2. The van der Waals surface area contributed by atoms with Gasteiger partial charge in [0.2, 0.25) is 0 Å². The molecule has 1 aromatic heterocycles. The lowest BCUT2D eigenvalue weighted by Crippen LogP contribution is -2.13. The van der Waals surface area contributed by atoms with Crippen molar-refractivity contribution in [2.75, 3.05) is 5.32 Å². The molecule has 0 bridgehead atoms. The van der Waals surface area contributed by atoms with E-state index in [4.69, 9.17) is 11.6 Å². The van der Waals surface area contributed by atoms with Crippen molar-refractivity contribution in [2.45, 2.75) is 6.92 Å². The molecule has 3 aromatic rings. The maximum absolute atomic E-state index is 12.4. The second-order valence-corrected chi connectivity index (χ2v) is 6.96. The summed E-state index contributed by atoms with van der Waals surface area (Å²) in [5.41, 5.74) is 2.71. The molecule has 0 radical (unpaired) electrons. The van der Waals surface area contributed by atoms with E-state index in [1.54, 1.807) is 13.0 Å². The molecule has 0 aliphatic carbocycles. The highest BCUT2D eigenvalue weighted by Crippen LogP contribution is 2.29. The van der Waals surface area contributed by atoms with E-state index in [1.807, 2.05) is 41.8 Å². The van der Waals surface area contributed by atoms with E-state index in [0.717, 1.165) is 11.3 Å². The Labute approximate surface area is 165 Å². The predicted octanol–water partition coefficient (Wildman–Crippen LogP) is 5.02. The molecule has 0 unspecified atom stereocenters. The number of hydrogen-bond acceptors (Lipinski definition) is 5. The Morgan fingerprint density at radius 3 is 2.74 bits per heavy atom. The van der Waals surface area contributed by atoms with E-state index in [-0.39, 0.29) is 16.3 Å². The third-order valence-electron chi connectivity index (χ3n) is 3.75. The van der Waals surface area contributed by atoms with Crippen LogP contribution >= 0.6 is 22.9 Å². The summed E-state index contributed by atoms with van der Waals surface area (Å²) in [5, 5.41) is 24.1. The Hall–Kier alpha value is -3.14. The van der Waals surface area contributed by atoms with E-state index >= 15 is 0 Å². The minimum absolute atomic E-state index is 0.0204. The number of amides is 1. The number of nitriles is 1. The molecule has 0 atom stereocenters. The fourth-order valence-electron chi connectivity index (χ4n) is 2.40. The molecule has 1 heterocycles.